The Hall–Kier alpha value is -1.96. The Morgan fingerprint density at radius 1 is 1.03 bits per heavy atom. The SMILES string of the molecule is CCNC(=NCC1CCOc2ccccc21)NC1CCN(c2ccccc2)CC1.I. The standard InChI is InChI=1S/C24H32N4O.HI/c1-2-25-24(26-18-19-14-17-29-23-11-7-6-10-22(19)23)27-20-12-15-28(16-13-20)21-8-4-3-5-9-21;/h3-11,19-20H,2,12-18H2,1H3,(H2,25,26,27);1H. The smallest absolute Gasteiger partial charge is 0.191 e. The highest BCUT2D eigenvalue weighted by Gasteiger charge is 2.22. The molecule has 0 aliphatic carbocycles. The van der Waals surface area contributed by atoms with Gasteiger partial charge in [-0.15, -0.1) is 24.0 Å². The van der Waals surface area contributed by atoms with Crippen molar-refractivity contribution in [1.29, 1.82) is 0 Å². The molecule has 2 N–H and O–H groups in total. The molecule has 0 amide bonds. The van der Waals surface area contributed by atoms with Crippen LogP contribution in [0.2, 0.25) is 0 Å². The molecule has 2 aromatic rings. The Morgan fingerprint density at radius 2 is 1.77 bits per heavy atom. The summed E-state index contributed by atoms with van der Waals surface area (Å²) < 4.78 is 5.79. The number of guanidine groups is 1. The Balaban J connectivity index is 0.00000256. The second-order valence-corrected chi connectivity index (χ2v) is 7.83. The van der Waals surface area contributed by atoms with Gasteiger partial charge in [0.25, 0.3) is 0 Å². The van der Waals surface area contributed by atoms with Crippen molar-refractivity contribution < 1.29 is 4.74 Å². The fraction of sp³-hybridized carbons (Fsp3) is 0.458. The topological polar surface area (TPSA) is 48.9 Å². The van der Waals surface area contributed by atoms with Gasteiger partial charge < -0.3 is 20.3 Å². The van der Waals surface area contributed by atoms with Crippen LogP contribution in [0.25, 0.3) is 0 Å². The van der Waals surface area contributed by atoms with Gasteiger partial charge in [-0.3, -0.25) is 4.99 Å². The third-order valence-corrected chi connectivity index (χ3v) is 5.85. The first-order valence-electron chi connectivity index (χ1n) is 10.9. The lowest BCUT2D eigenvalue weighted by Crippen LogP contribution is -2.49. The van der Waals surface area contributed by atoms with Gasteiger partial charge in [-0.2, -0.15) is 0 Å². The van der Waals surface area contributed by atoms with Gasteiger partial charge in [0.1, 0.15) is 5.75 Å². The molecular weight excluding hydrogens is 487 g/mol. The number of nitrogens with zero attached hydrogens (tertiary/aromatic N) is 2. The number of piperidine rings is 1. The van der Waals surface area contributed by atoms with E-state index in [0.717, 1.165) is 63.8 Å². The highest BCUT2D eigenvalue weighted by Crippen LogP contribution is 2.33. The maximum absolute atomic E-state index is 5.79. The first kappa shape index (κ1) is 22.7. The predicted octanol–water partition coefficient (Wildman–Crippen LogP) is 4.39. The van der Waals surface area contributed by atoms with Gasteiger partial charge in [0.05, 0.1) is 6.61 Å². The van der Waals surface area contributed by atoms with Crippen LogP contribution in [0, 0.1) is 0 Å². The van der Waals surface area contributed by atoms with E-state index in [9.17, 15) is 0 Å². The highest BCUT2D eigenvalue weighted by atomic mass is 127. The maximum atomic E-state index is 5.79. The highest BCUT2D eigenvalue weighted by molar-refractivity contribution is 14.0. The van der Waals surface area contributed by atoms with Crippen LogP contribution < -0.4 is 20.3 Å². The minimum atomic E-state index is 0. The quantitative estimate of drug-likeness (QED) is 0.349. The lowest BCUT2D eigenvalue weighted by molar-refractivity contribution is 0.269. The number of hydrogen-bond donors (Lipinski definition) is 2. The number of para-hydroxylation sites is 2. The van der Waals surface area contributed by atoms with Crippen molar-refractivity contribution in [2.45, 2.75) is 38.1 Å². The van der Waals surface area contributed by atoms with Gasteiger partial charge in [0, 0.05) is 43.8 Å². The van der Waals surface area contributed by atoms with E-state index in [-0.39, 0.29) is 24.0 Å². The Labute approximate surface area is 197 Å². The van der Waals surface area contributed by atoms with E-state index >= 15 is 0 Å². The minimum Gasteiger partial charge on any atom is -0.493 e. The molecule has 30 heavy (non-hydrogen) atoms. The molecule has 0 bridgehead atoms. The zero-order chi connectivity index (χ0) is 19.9. The molecule has 1 unspecified atom stereocenters. The summed E-state index contributed by atoms with van der Waals surface area (Å²) in [5, 5.41) is 7.10. The van der Waals surface area contributed by atoms with E-state index in [2.05, 4.69) is 71.0 Å². The van der Waals surface area contributed by atoms with Gasteiger partial charge in [-0.1, -0.05) is 36.4 Å². The van der Waals surface area contributed by atoms with Crippen LogP contribution in [0.5, 0.6) is 5.75 Å². The average molecular weight is 520 g/mol. The predicted molar refractivity (Wildman–Crippen MR) is 136 cm³/mol. The van der Waals surface area contributed by atoms with Crippen LogP contribution in [-0.2, 0) is 0 Å². The summed E-state index contributed by atoms with van der Waals surface area (Å²) in [4.78, 5) is 7.41. The van der Waals surface area contributed by atoms with E-state index in [1.807, 2.05) is 6.07 Å². The zero-order valence-electron chi connectivity index (χ0n) is 17.7. The molecule has 0 saturated carbocycles. The summed E-state index contributed by atoms with van der Waals surface area (Å²) in [6.45, 7) is 6.72. The zero-order valence-corrected chi connectivity index (χ0v) is 20.0. The molecule has 4 rings (SSSR count). The second kappa shape index (κ2) is 11.4. The molecule has 2 aromatic carbocycles. The van der Waals surface area contributed by atoms with Crippen molar-refractivity contribution in [1.82, 2.24) is 10.6 Å². The third kappa shape index (κ3) is 5.80. The largest absolute Gasteiger partial charge is 0.493 e. The van der Waals surface area contributed by atoms with E-state index in [4.69, 9.17) is 9.73 Å². The van der Waals surface area contributed by atoms with Gasteiger partial charge in [-0.25, -0.2) is 0 Å². The van der Waals surface area contributed by atoms with Crippen molar-refractivity contribution in [3.8, 4) is 5.75 Å². The summed E-state index contributed by atoms with van der Waals surface area (Å²) in [7, 11) is 0. The number of aliphatic imine (C=N–C) groups is 1. The maximum Gasteiger partial charge on any atom is 0.191 e. The van der Waals surface area contributed by atoms with Crippen LogP contribution in [0.15, 0.2) is 59.6 Å². The van der Waals surface area contributed by atoms with Crippen LogP contribution in [0.1, 0.15) is 37.7 Å². The summed E-state index contributed by atoms with van der Waals surface area (Å²) >= 11 is 0. The molecule has 1 saturated heterocycles. The number of rotatable bonds is 5. The molecule has 1 fully saturated rings. The van der Waals surface area contributed by atoms with Gasteiger partial charge >= 0.3 is 0 Å². The molecule has 0 spiro atoms. The molecule has 6 heteroatoms. The number of hydrogen-bond acceptors (Lipinski definition) is 3. The summed E-state index contributed by atoms with van der Waals surface area (Å²) in [5.41, 5.74) is 2.61. The number of fused-ring (bicyclic) bond motifs is 1. The second-order valence-electron chi connectivity index (χ2n) is 7.83. The fourth-order valence-electron chi connectivity index (χ4n) is 4.24. The van der Waals surface area contributed by atoms with Crippen molar-refractivity contribution in [3.63, 3.8) is 0 Å². The van der Waals surface area contributed by atoms with Crippen LogP contribution >= 0.6 is 24.0 Å². The van der Waals surface area contributed by atoms with E-state index in [1.165, 1.54) is 11.3 Å². The van der Waals surface area contributed by atoms with E-state index in [1.54, 1.807) is 0 Å². The molecule has 2 heterocycles. The van der Waals surface area contributed by atoms with Crippen LogP contribution in [0.3, 0.4) is 0 Å². The fourth-order valence-corrected chi connectivity index (χ4v) is 4.24. The third-order valence-electron chi connectivity index (χ3n) is 5.85. The van der Waals surface area contributed by atoms with Crippen molar-refractivity contribution in [2.24, 2.45) is 4.99 Å². The summed E-state index contributed by atoms with van der Waals surface area (Å²) in [6.07, 6.45) is 3.27. The number of benzene rings is 2. The van der Waals surface area contributed by atoms with Crippen LogP contribution in [0.4, 0.5) is 5.69 Å². The number of nitrogens with one attached hydrogen (secondary N) is 2. The number of ether oxygens (including phenoxy) is 1. The molecule has 5 nitrogen and oxygen atoms in total. The van der Waals surface area contributed by atoms with E-state index in [0.29, 0.717) is 12.0 Å². The summed E-state index contributed by atoms with van der Waals surface area (Å²) in [5.74, 6) is 2.38. The molecule has 2 aliphatic heterocycles. The van der Waals surface area contributed by atoms with Crippen LogP contribution in [-0.4, -0.2) is 44.8 Å². The number of anilines is 1. The summed E-state index contributed by atoms with van der Waals surface area (Å²) in [6, 6.07) is 19.5. The van der Waals surface area contributed by atoms with Crippen molar-refractivity contribution in [3.05, 3.63) is 60.2 Å². The average Bonchev–Trinajstić information content (AvgIpc) is 2.79. The molecule has 0 radical (unpaired) electrons. The Morgan fingerprint density at radius 3 is 2.53 bits per heavy atom. The van der Waals surface area contributed by atoms with Gasteiger partial charge in [0.15, 0.2) is 5.96 Å². The van der Waals surface area contributed by atoms with Crippen molar-refractivity contribution >= 4 is 35.6 Å². The molecule has 2 aliphatic rings. The van der Waals surface area contributed by atoms with Crippen molar-refractivity contribution in [2.75, 3.05) is 37.7 Å². The molecular formula is C24H33IN4O. The molecule has 1 atom stereocenters. The lowest BCUT2D eigenvalue weighted by atomic mass is 9.93. The normalized spacial score (nSPS) is 19.3. The number of halogens is 1. The van der Waals surface area contributed by atoms with Gasteiger partial charge in [0.2, 0.25) is 0 Å². The van der Waals surface area contributed by atoms with E-state index < -0.39 is 0 Å². The monoisotopic (exact) mass is 520 g/mol. The molecule has 162 valence electrons. The lowest BCUT2D eigenvalue weighted by Gasteiger charge is -2.34. The minimum absolute atomic E-state index is 0. The molecule has 0 aromatic heterocycles. The Kier molecular flexibility index (Phi) is 8.66. The van der Waals surface area contributed by atoms with Gasteiger partial charge in [-0.05, 0) is 49.9 Å². The Bertz CT molecular complexity index is 806. The first-order chi connectivity index (χ1) is 14.3. The first-order valence-corrected chi connectivity index (χ1v) is 10.9.